The Bertz CT molecular complexity index is 827. The highest BCUT2D eigenvalue weighted by molar-refractivity contribution is 6.04. The summed E-state index contributed by atoms with van der Waals surface area (Å²) in [6.45, 7) is 2.53. The van der Waals surface area contributed by atoms with Crippen molar-refractivity contribution in [3.05, 3.63) is 65.4 Å². The number of nitrogens with zero attached hydrogens (tertiary/aromatic N) is 1. The third-order valence-corrected chi connectivity index (χ3v) is 4.19. The van der Waals surface area contributed by atoms with E-state index in [9.17, 15) is 9.90 Å². The zero-order chi connectivity index (χ0) is 16.9. The number of H-pyrrole nitrogens is 1. The summed E-state index contributed by atoms with van der Waals surface area (Å²) in [6, 6.07) is 15.8. The quantitative estimate of drug-likeness (QED) is 0.653. The number of hydrogen-bond acceptors (Lipinski definition) is 3. The molecule has 1 heterocycles. The van der Waals surface area contributed by atoms with Crippen LogP contribution in [0.4, 0.5) is 0 Å². The van der Waals surface area contributed by atoms with Crippen molar-refractivity contribution in [2.45, 2.75) is 19.3 Å². The Balaban J connectivity index is 1.74. The second-order valence-corrected chi connectivity index (χ2v) is 5.95. The van der Waals surface area contributed by atoms with Crippen LogP contribution in [-0.2, 0) is 0 Å². The van der Waals surface area contributed by atoms with Gasteiger partial charge in [-0.3, -0.25) is 9.89 Å². The number of benzene rings is 2. The van der Waals surface area contributed by atoms with Crippen molar-refractivity contribution in [1.29, 1.82) is 0 Å². The van der Waals surface area contributed by atoms with Gasteiger partial charge in [-0.05, 0) is 31.0 Å². The van der Waals surface area contributed by atoms with Crippen LogP contribution in [0.2, 0.25) is 0 Å². The molecular weight excluding hydrogens is 302 g/mol. The number of nitrogens with one attached hydrogen (secondary N) is 2. The van der Waals surface area contributed by atoms with Crippen molar-refractivity contribution >= 4 is 16.8 Å². The van der Waals surface area contributed by atoms with E-state index in [1.54, 1.807) is 0 Å². The summed E-state index contributed by atoms with van der Waals surface area (Å²) in [6.07, 6.45) is 0.602. The van der Waals surface area contributed by atoms with Crippen LogP contribution < -0.4 is 5.32 Å². The number of aryl methyl sites for hydroxylation is 1. The molecule has 0 radical (unpaired) electrons. The summed E-state index contributed by atoms with van der Waals surface area (Å²) in [5.74, 6) is -0.127. The molecular formula is C19H21N3O2. The van der Waals surface area contributed by atoms with Gasteiger partial charge in [0.25, 0.3) is 5.91 Å². The van der Waals surface area contributed by atoms with Gasteiger partial charge in [0.15, 0.2) is 5.69 Å². The first-order valence-corrected chi connectivity index (χ1v) is 8.08. The number of hydrogen-bond donors (Lipinski definition) is 3. The molecule has 1 amide bonds. The van der Waals surface area contributed by atoms with Gasteiger partial charge in [-0.1, -0.05) is 42.0 Å². The Kier molecular flexibility index (Phi) is 4.91. The van der Waals surface area contributed by atoms with Gasteiger partial charge >= 0.3 is 0 Å². The van der Waals surface area contributed by atoms with Gasteiger partial charge in [0.2, 0.25) is 0 Å². The molecule has 0 aliphatic rings. The first-order chi connectivity index (χ1) is 11.7. The number of carbonyl (C=O) groups excluding carboxylic acids is 1. The van der Waals surface area contributed by atoms with Crippen molar-refractivity contribution < 1.29 is 9.90 Å². The topological polar surface area (TPSA) is 78.0 Å². The maximum absolute atomic E-state index is 12.5. The summed E-state index contributed by atoms with van der Waals surface area (Å²) in [5, 5.41) is 20.1. The van der Waals surface area contributed by atoms with E-state index in [1.165, 1.54) is 0 Å². The number of fused-ring (bicyclic) bond motifs is 1. The average molecular weight is 323 g/mol. The number of aliphatic hydroxyl groups excluding tert-OH is 1. The lowest BCUT2D eigenvalue weighted by molar-refractivity contribution is 0.0946. The number of rotatable bonds is 6. The number of aromatic nitrogens is 2. The molecule has 0 aliphatic heterocycles. The van der Waals surface area contributed by atoms with Crippen molar-refractivity contribution in [3.8, 4) is 0 Å². The van der Waals surface area contributed by atoms with E-state index in [0.717, 1.165) is 22.0 Å². The fourth-order valence-corrected chi connectivity index (χ4v) is 2.87. The average Bonchev–Trinajstić information content (AvgIpc) is 3.02. The second-order valence-electron chi connectivity index (χ2n) is 5.95. The van der Waals surface area contributed by atoms with Crippen molar-refractivity contribution in [2.24, 2.45) is 0 Å². The third kappa shape index (κ3) is 3.46. The minimum Gasteiger partial charge on any atom is -0.396 e. The number of aromatic amines is 1. The molecule has 5 nitrogen and oxygen atoms in total. The van der Waals surface area contributed by atoms with Gasteiger partial charge < -0.3 is 10.4 Å². The summed E-state index contributed by atoms with van der Waals surface area (Å²) < 4.78 is 0. The van der Waals surface area contributed by atoms with E-state index in [4.69, 9.17) is 0 Å². The van der Waals surface area contributed by atoms with Gasteiger partial charge in [0, 0.05) is 24.5 Å². The normalized spacial score (nSPS) is 12.2. The first kappa shape index (κ1) is 16.2. The van der Waals surface area contributed by atoms with Crippen LogP contribution in [0, 0.1) is 6.92 Å². The summed E-state index contributed by atoms with van der Waals surface area (Å²) in [7, 11) is 0. The molecule has 0 aliphatic carbocycles. The predicted molar refractivity (Wildman–Crippen MR) is 94.0 cm³/mol. The fraction of sp³-hybridized carbons (Fsp3) is 0.263. The molecule has 5 heteroatoms. The van der Waals surface area contributed by atoms with E-state index in [2.05, 4.69) is 15.5 Å². The number of aliphatic hydroxyl groups is 1. The van der Waals surface area contributed by atoms with Gasteiger partial charge in [0.1, 0.15) is 0 Å². The summed E-state index contributed by atoms with van der Waals surface area (Å²) in [4.78, 5) is 12.5. The highest BCUT2D eigenvalue weighted by Gasteiger charge is 2.17. The molecule has 1 unspecified atom stereocenters. The van der Waals surface area contributed by atoms with Crippen molar-refractivity contribution in [2.75, 3.05) is 13.2 Å². The maximum Gasteiger partial charge on any atom is 0.272 e. The molecule has 1 aromatic heterocycles. The highest BCUT2D eigenvalue weighted by Crippen LogP contribution is 2.20. The molecule has 1 atom stereocenters. The Hall–Kier alpha value is -2.66. The molecule has 0 saturated carbocycles. The van der Waals surface area contributed by atoms with Crippen molar-refractivity contribution in [3.63, 3.8) is 0 Å². The minimum absolute atomic E-state index is 0.0760. The van der Waals surface area contributed by atoms with Crippen LogP contribution in [0.5, 0.6) is 0 Å². The van der Waals surface area contributed by atoms with Gasteiger partial charge in [-0.25, -0.2) is 0 Å². The fourth-order valence-electron chi connectivity index (χ4n) is 2.87. The van der Waals surface area contributed by atoms with Crippen LogP contribution in [0.25, 0.3) is 10.9 Å². The molecule has 3 N–H and O–H groups in total. The van der Waals surface area contributed by atoms with Crippen LogP contribution in [0.1, 0.15) is 34.0 Å². The molecule has 0 fully saturated rings. The standard InChI is InChI=1S/C19H21N3O2/c1-13-7-8-17-16(11-13)18(22-21-17)19(24)20-12-15(9-10-23)14-5-3-2-4-6-14/h2-8,11,15,23H,9-10,12H2,1H3,(H,20,24)(H,21,22). The zero-order valence-corrected chi connectivity index (χ0v) is 13.6. The first-order valence-electron chi connectivity index (χ1n) is 8.08. The monoisotopic (exact) mass is 323 g/mol. The zero-order valence-electron chi connectivity index (χ0n) is 13.6. The lowest BCUT2D eigenvalue weighted by atomic mass is 9.96. The number of amides is 1. The van der Waals surface area contributed by atoms with Gasteiger partial charge in [0.05, 0.1) is 5.52 Å². The Labute approximate surface area is 140 Å². The summed E-state index contributed by atoms with van der Waals surface area (Å²) >= 11 is 0. The maximum atomic E-state index is 12.5. The van der Waals surface area contributed by atoms with Crippen LogP contribution in [0.3, 0.4) is 0 Å². The van der Waals surface area contributed by atoms with Crippen LogP contribution in [-0.4, -0.2) is 34.4 Å². The van der Waals surface area contributed by atoms with E-state index in [1.807, 2.05) is 55.5 Å². The van der Waals surface area contributed by atoms with E-state index >= 15 is 0 Å². The molecule has 2 aromatic carbocycles. The predicted octanol–water partition coefficient (Wildman–Crippen LogP) is 2.77. The summed E-state index contributed by atoms with van der Waals surface area (Å²) in [5.41, 5.74) is 3.44. The SMILES string of the molecule is Cc1ccc2[nH]nc(C(=O)NCC(CCO)c3ccccc3)c2c1. The Morgan fingerprint density at radius 3 is 2.79 bits per heavy atom. The highest BCUT2D eigenvalue weighted by atomic mass is 16.3. The lowest BCUT2D eigenvalue weighted by Crippen LogP contribution is -2.29. The molecule has 0 bridgehead atoms. The Morgan fingerprint density at radius 2 is 2.04 bits per heavy atom. The third-order valence-electron chi connectivity index (χ3n) is 4.19. The molecule has 0 saturated heterocycles. The van der Waals surface area contributed by atoms with E-state index < -0.39 is 0 Å². The Morgan fingerprint density at radius 1 is 1.25 bits per heavy atom. The second kappa shape index (κ2) is 7.27. The van der Waals surface area contributed by atoms with Gasteiger partial charge in [-0.2, -0.15) is 5.10 Å². The van der Waals surface area contributed by atoms with E-state index in [-0.39, 0.29) is 18.4 Å². The van der Waals surface area contributed by atoms with Crippen LogP contribution >= 0.6 is 0 Å². The largest absolute Gasteiger partial charge is 0.396 e. The molecule has 3 rings (SSSR count). The van der Waals surface area contributed by atoms with Crippen molar-refractivity contribution in [1.82, 2.24) is 15.5 Å². The molecule has 3 aromatic rings. The molecule has 124 valence electrons. The van der Waals surface area contributed by atoms with E-state index in [0.29, 0.717) is 18.7 Å². The smallest absolute Gasteiger partial charge is 0.272 e. The lowest BCUT2D eigenvalue weighted by Gasteiger charge is -2.16. The van der Waals surface area contributed by atoms with Crippen LogP contribution in [0.15, 0.2) is 48.5 Å². The minimum atomic E-state index is -0.203. The van der Waals surface area contributed by atoms with Gasteiger partial charge in [-0.15, -0.1) is 0 Å². The molecule has 24 heavy (non-hydrogen) atoms. The molecule has 0 spiro atoms. The number of carbonyl (C=O) groups is 1.